The summed E-state index contributed by atoms with van der Waals surface area (Å²) in [5.74, 6) is 0.790. The van der Waals surface area contributed by atoms with Crippen LogP contribution in [-0.4, -0.2) is 30.5 Å². The molecule has 1 rings (SSSR count). The highest BCUT2D eigenvalue weighted by Gasteiger charge is 2.15. The predicted octanol–water partition coefficient (Wildman–Crippen LogP) is 1.39. The van der Waals surface area contributed by atoms with Gasteiger partial charge in [0.15, 0.2) is 0 Å². The van der Waals surface area contributed by atoms with Gasteiger partial charge in [0.25, 0.3) is 0 Å². The number of rotatable bonds is 5. The van der Waals surface area contributed by atoms with E-state index in [9.17, 15) is 4.79 Å². The Labute approximate surface area is 102 Å². The van der Waals surface area contributed by atoms with Crippen molar-refractivity contribution in [3.63, 3.8) is 0 Å². The number of hydrogen-bond acceptors (Lipinski definition) is 3. The second-order valence-corrected chi connectivity index (χ2v) is 3.99. The van der Waals surface area contributed by atoms with E-state index in [-0.39, 0.29) is 5.91 Å². The Hall–Kier alpha value is -1.55. The number of carbonyl (C=O) groups excluding carboxylic acids is 1. The van der Waals surface area contributed by atoms with E-state index in [0.29, 0.717) is 13.1 Å². The van der Waals surface area contributed by atoms with Crippen molar-refractivity contribution in [2.75, 3.05) is 13.7 Å². The number of ether oxygens (including phenoxy) is 1. The highest BCUT2D eigenvalue weighted by molar-refractivity contribution is 5.81. The SMILES string of the molecule is CCN(Cc1ccc(OC)cc1)C(=O)[C@@H](C)N. The Kier molecular flexibility index (Phi) is 4.97. The maximum Gasteiger partial charge on any atom is 0.239 e. The van der Waals surface area contributed by atoms with Crippen molar-refractivity contribution in [3.05, 3.63) is 29.8 Å². The van der Waals surface area contributed by atoms with Crippen molar-refractivity contribution >= 4 is 5.91 Å². The van der Waals surface area contributed by atoms with Gasteiger partial charge in [-0.25, -0.2) is 0 Å². The molecule has 0 aliphatic heterocycles. The molecule has 2 N–H and O–H groups in total. The zero-order valence-corrected chi connectivity index (χ0v) is 10.6. The lowest BCUT2D eigenvalue weighted by Gasteiger charge is -2.22. The van der Waals surface area contributed by atoms with Crippen molar-refractivity contribution < 1.29 is 9.53 Å². The molecule has 1 aromatic carbocycles. The quantitative estimate of drug-likeness (QED) is 0.840. The van der Waals surface area contributed by atoms with E-state index in [1.165, 1.54) is 0 Å². The summed E-state index contributed by atoms with van der Waals surface area (Å²) in [5, 5.41) is 0. The van der Waals surface area contributed by atoms with Crippen molar-refractivity contribution in [1.82, 2.24) is 4.90 Å². The van der Waals surface area contributed by atoms with Gasteiger partial charge in [-0.3, -0.25) is 4.79 Å². The van der Waals surface area contributed by atoms with E-state index >= 15 is 0 Å². The summed E-state index contributed by atoms with van der Waals surface area (Å²) in [4.78, 5) is 13.5. The average molecular weight is 236 g/mol. The molecule has 0 spiro atoms. The number of likely N-dealkylation sites (N-methyl/N-ethyl adjacent to an activating group) is 1. The minimum atomic E-state index is -0.451. The van der Waals surface area contributed by atoms with Crippen molar-refractivity contribution in [1.29, 1.82) is 0 Å². The number of nitrogens with two attached hydrogens (primary N) is 1. The Bertz CT molecular complexity index is 360. The molecule has 0 radical (unpaired) electrons. The molecule has 1 amide bonds. The first kappa shape index (κ1) is 13.5. The molecule has 0 aromatic heterocycles. The molecule has 4 heteroatoms. The maximum absolute atomic E-state index is 11.8. The van der Waals surface area contributed by atoms with Gasteiger partial charge in [0.1, 0.15) is 5.75 Å². The minimum Gasteiger partial charge on any atom is -0.497 e. The predicted molar refractivity (Wildman–Crippen MR) is 67.7 cm³/mol. The van der Waals surface area contributed by atoms with Gasteiger partial charge in [-0.05, 0) is 31.5 Å². The van der Waals surface area contributed by atoms with Crippen LogP contribution in [0.5, 0.6) is 5.75 Å². The fraction of sp³-hybridized carbons (Fsp3) is 0.462. The Balaban J connectivity index is 2.70. The van der Waals surface area contributed by atoms with Gasteiger partial charge in [0.05, 0.1) is 13.2 Å². The van der Waals surface area contributed by atoms with Crippen LogP contribution in [0.2, 0.25) is 0 Å². The zero-order chi connectivity index (χ0) is 12.8. The largest absolute Gasteiger partial charge is 0.497 e. The summed E-state index contributed by atoms with van der Waals surface area (Å²) in [7, 11) is 1.63. The molecular weight excluding hydrogens is 216 g/mol. The van der Waals surface area contributed by atoms with E-state index < -0.39 is 6.04 Å². The zero-order valence-electron chi connectivity index (χ0n) is 10.6. The van der Waals surface area contributed by atoms with Crippen LogP contribution >= 0.6 is 0 Å². The Morgan fingerprint density at radius 2 is 2.00 bits per heavy atom. The van der Waals surface area contributed by atoms with Gasteiger partial charge >= 0.3 is 0 Å². The monoisotopic (exact) mass is 236 g/mol. The molecule has 0 bridgehead atoms. The summed E-state index contributed by atoms with van der Waals surface area (Å²) in [6.07, 6.45) is 0. The minimum absolute atomic E-state index is 0.0247. The van der Waals surface area contributed by atoms with E-state index in [0.717, 1.165) is 11.3 Å². The van der Waals surface area contributed by atoms with Crippen LogP contribution in [0.1, 0.15) is 19.4 Å². The van der Waals surface area contributed by atoms with Crippen LogP contribution in [0.25, 0.3) is 0 Å². The third-order valence-corrected chi connectivity index (χ3v) is 2.62. The number of benzene rings is 1. The second-order valence-electron chi connectivity index (χ2n) is 3.99. The number of carbonyl (C=O) groups is 1. The van der Waals surface area contributed by atoms with Crippen molar-refractivity contribution in [3.8, 4) is 5.75 Å². The molecule has 1 aromatic rings. The molecular formula is C13H20N2O2. The van der Waals surface area contributed by atoms with Gasteiger partial charge in [0.2, 0.25) is 5.91 Å². The molecule has 17 heavy (non-hydrogen) atoms. The van der Waals surface area contributed by atoms with Crippen molar-refractivity contribution in [2.24, 2.45) is 5.73 Å². The molecule has 0 aliphatic rings. The molecule has 0 fully saturated rings. The van der Waals surface area contributed by atoms with Crippen molar-refractivity contribution in [2.45, 2.75) is 26.4 Å². The van der Waals surface area contributed by atoms with Gasteiger partial charge < -0.3 is 15.4 Å². The third-order valence-electron chi connectivity index (χ3n) is 2.62. The topological polar surface area (TPSA) is 55.6 Å². The molecule has 94 valence electrons. The third kappa shape index (κ3) is 3.75. The van der Waals surface area contributed by atoms with Crippen LogP contribution in [0.15, 0.2) is 24.3 Å². The smallest absolute Gasteiger partial charge is 0.239 e. The number of methoxy groups -OCH3 is 1. The second kappa shape index (κ2) is 6.25. The molecule has 0 unspecified atom stereocenters. The van der Waals surface area contributed by atoms with Crippen LogP contribution in [0.4, 0.5) is 0 Å². The van der Waals surface area contributed by atoms with E-state index in [2.05, 4.69) is 0 Å². The number of amides is 1. The van der Waals surface area contributed by atoms with Gasteiger partial charge in [-0.2, -0.15) is 0 Å². The summed E-state index contributed by atoms with van der Waals surface area (Å²) < 4.78 is 5.09. The van der Waals surface area contributed by atoms with Crippen LogP contribution < -0.4 is 10.5 Å². The van der Waals surface area contributed by atoms with Crippen LogP contribution in [-0.2, 0) is 11.3 Å². The van der Waals surface area contributed by atoms with Gasteiger partial charge in [-0.15, -0.1) is 0 Å². The summed E-state index contributed by atoms with van der Waals surface area (Å²) in [6, 6.07) is 7.23. The maximum atomic E-state index is 11.8. The van der Waals surface area contributed by atoms with E-state index in [1.54, 1.807) is 18.9 Å². The Morgan fingerprint density at radius 1 is 1.41 bits per heavy atom. The number of nitrogens with zero attached hydrogens (tertiary/aromatic N) is 1. The first-order valence-electron chi connectivity index (χ1n) is 5.75. The number of hydrogen-bond donors (Lipinski definition) is 1. The normalized spacial score (nSPS) is 12.0. The van der Waals surface area contributed by atoms with Crippen LogP contribution in [0, 0.1) is 0 Å². The molecule has 0 saturated carbocycles. The lowest BCUT2D eigenvalue weighted by Crippen LogP contribution is -2.41. The highest BCUT2D eigenvalue weighted by atomic mass is 16.5. The fourth-order valence-electron chi connectivity index (χ4n) is 1.58. The van der Waals surface area contributed by atoms with Gasteiger partial charge in [0, 0.05) is 13.1 Å². The lowest BCUT2D eigenvalue weighted by atomic mass is 10.2. The fourth-order valence-corrected chi connectivity index (χ4v) is 1.58. The molecule has 1 atom stereocenters. The molecule has 0 saturated heterocycles. The van der Waals surface area contributed by atoms with Gasteiger partial charge in [-0.1, -0.05) is 12.1 Å². The molecule has 0 aliphatic carbocycles. The summed E-state index contributed by atoms with van der Waals surface area (Å²) >= 11 is 0. The van der Waals surface area contributed by atoms with E-state index in [4.69, 9.17) is 10.5 Å². The van der Waals surface area contributed by atoms with E-state index in [1.807, 2.05) is 31.2 Å². The van der Waals surface area contributed by atoms with Crippen LogP contribution in [0.3, 0.4) is 0 Å². The first-order chi connectivity index (χ1) is 8.08. The molecule has 0 heterocycles. The lowest BCUT2D eigenvalue weighted by molar-refractivity contribution is -0.132. The standard InChI is InChI=1S/C13H20N2O2/c1-4-15(13(16)10(2)14)9-11-5-7-12(17-3)8-6-11/h5-8,10H,4,9,14H2,1-3H3/t10-/m1/s1. The summed E-state index contributed by atoms with van der Waals surface area (Å²) in [6.45, 7) is 4.90. The average Bonchev–Trinajstić information content (AvgIpc) is 2.35. The first-order valence-corrected chi connectivity index (χ1v) is 5.75. The highest BCUT2D eigenvalue weighted by Crippen LogP contribution is 2.13. The summed E-state index contributed by atoms with van der Waals surface area (Å²) in [5.41, 5.74) is 6.67. The Morgan fingerprint density at radius 3 is 2.41 bits per heavy atom. The molecule has 4 nitrogen and oxygen atoms in total.